The number of carbonyl (C=O) groups excluding carboxylic acids is 1. The number of piperidine rings is 1. The summed E-state index contributed by atoms with van der Waals surface area (Å²) in [4.78, 5) is 19.1. The van der Waals surface area contributed by atoms with Gasteiger partial charge in [0.25, 0.3) is 11.8 Å². The van der Waals surface area contributed by atoms with Gasteiger partial charge in [0, 0.05) is 19.1 Å². The third kappa shape index (κ3) is 2.74. The van der Waals surface area contributed by atoms with Crippen molar-refractivity contribution in [2.24, 2.45) is 5.73 Å². The van der Waals surface area contributed by atoms with E-state index in [1.807, 2.05) is 23.1 Å². The Labute approximate surface area is 129 Å². The van der Waals surface area contributed by atoms with E-state index in [0.717, 1.165) is 25.8 Å². The Kier molecular flexibility index (Phi) is 4.20. The van der Waals surface area contributed by atoms with E-state index in [1.165, 1.54) is 0 Å². The molecule has 2 aromatic rings. The lowest BCUT2D eigenvalue weighted by Gasteiger charge is -2.35. The number of likely N-dealkylation sites (tertiary alicyclic amines) is 1. The van der Waals surface area contributed by atoms with Crippen LogP contribution in [0.3, 0.4) is 0 Å². The molecule has 0 unspecified atom stereocenters. The van der Waals surface area contributed by atoms with Gasteiger partial charge in [0.15, 0.2) is 5.82 Å². The lowest BCUT2D eigenvalue weighted by Crippen LogP contribution is -2.47. The van der Waals surface area contributed by atoms with Gasteiger partial charge in [-0.25, -0.2) is 0 Å². The largest absolute Gasteiger partial charge is 0.334 e. The Morgan fingerprint density at radius 1 is 1.41 bits per heavy atom. The zero-order valence-electron chi connectivity index (χ0n) is 12.7. The van der Waals surface area contributed by atoms with Crippen LogP contribution < -0.4 is 5.73 Å². The summed E-state index contributed by atoms with van der Waals surface area (Å²) >= 11 is 0. The third-order valence-electron chi connectivity index (χ3n) is 4.08. The van der Waals surface area contributed by atoms with Gasteiger partial charge in [0.1, 0.15) is 0 Å². The highest BCUT2D eigenvalue weighted by Gasteiger charge is 2.28. The first-order valence-electron chi connectivity index (χ1n) is 7.61. The van der Waals surface area contributed by atoms with Crippen molar-refractivity contribution >= 4 is 5.91 Å². The van der Waals surface area contributed by atoms with Gasteiger partial charge in [-0.1, -0.05) is 17.3 Å². The van der Waals surface area contributed by atoms with Crippen LogP contribution in [0.2, 0.25) is 0 Å². The topological polar surface area (TPSA) is 85.2 Å². The molecule has 1 fully saturated rings. The van der Waals surface area contributed by atoms with Crippen LogP contribution >= 0.6 is 0 Å². The molecule has 1 aliphatic heterocycles. The summed E-state index contributed by atoms with van der Waals surface area (Å²) in [5, 5.41) is 3.81. The number of aryl methyl sites for hydroxylation is 1. The van der Waals surface area contributed by atoms with E-state index in [-0.39, 0.29) is 11.9 Å². The molecule has 0 bridgehead atoms. The van der Waals surface area contributed by atoms with Crippen molar-refractivity contribution in [1.29, 1.82) is 0 Å². The molecule has 0 spiro atoms. The van der Waals surface area contributed by atoms with Crippen LogP contribution in [0.5, 0.6) is 0 Å². The molecule has 3 rings (SSSR count). The quantitative estimate of drug-likeness (QED) is 0.937. The Morgan fingerprint density at radius 2 is 2.23 bits per heavy atom. The lowest BCUT2D eigenvalue weighted by molar-refractivity contribution is 0.0624. The second-order valence-electron chi connectivity index (χ2n) is 5.58. The number of aromatic nitrogens is 2. The highest BCUT2D eigenvalue weighted by Crippen LogP contribution is 2.26. The fourth-order valence-electron chi connectivity index (χ4n) is 2.93. The van der Waals surface area contributed by atoms with E-state index in [9.17, 15) is 4.79 Å². The van der Waals surface area contributed by atoms with Crippen LogP contribution in [0.25, 0.3) is 11.5 Å². The molecule has 22 heavy (non-hydrogen) atoms. The number of amides is 1. The average Bonchev–Trinajstić information content (AvgIpc) is 3.00. The monoisotopic (exact) mass is 300 g/mol. The van der Waals surface area contributed by atoms with Crippen LogP contribution in [0.15, 0.2) is 28.8 Å². The molecule has 2 heterocycles. The normalized spacial score (nSPS) is 18.5. The van der Waals surface area contributed by atoms with Gasteiger partial charge < -0.3 is 15.2 Å². The number of rotatable bonds is 3. The molecule has 6 nitrogen and oxygen atoms in total. The van der Waals surface area contributed by atoms with Gasteiger partial charge in [0.05, 0.1) is 11.1 Å². The van der Waals surface area contributed by atoms with Crippen molar-refractivity contribution in [2.75, 3.05) is 13.1 Å². The van der Waals surface area contributed by atoms with Gasteiger partial charge in [-0.05, 0) is 38.3 Å². The molecule has 116 valence electrons. The number of nitrogens with zero attached hydrogens (tertiary/aromatic N) is 3. The molecule has 1 amide bonds. The van der Waals surface area contributed by atoms with E-state index in [1.54, 1.807) is 13.0 Å². The molecule has 1 aliphatic rings. The average molecular weight is 300 g/mol. The van der Waals surface area contributed by atoms with Gasteiger partial charge in [0.2, 0.25) is 0 Å². The number of benzene rings is 1. The fourth-order valence-corrected chi connectivity index (χ4v) is 2.93. The summed E-state index contributed by atoms with van der Waals surface area (Å²) in [6.07, 6.45) is 3.10. The Hall–Kier alpha value is -2.21. The maximum atomic E-state index is 13.0. The lowest BCUT2D eigenvalue weighted by atomic mass is 9.99. The van der Waals surface area contributed by atoms with Crippen molar-refractivity contribution < 1.29 is 9.32 Å². The summed E-state index contributed by atoms with van der Waals surface area (Å²) < 4.78 is 5.23. The highest BCUT2D eigenvalue weighted by atomic mass is 16.5. The Balaban J connectivity index is 1.96. The Morgan fingerprint density at radius 3 is 2.95 bits per heavy atom. The van der Waals surface area contributed by atoms with Crippen LogP contribution in [0.4, 0.5) is 0 Å². The molecule has 6 heteroatoms. The zero-order valence-corrected chi connectivity index (χ0v) is 12.7. The maximum Gasteiger partial charge on any atom is 0.258 e. The predicted molar refractivity (Wildman–Crippen MR) is 82.2 cm³/mol. The zero-order chi connectivity index (χ0) is 15.5. The highest BCUT2D eigenvalue weighted by molar-refractivity contribution is 6.00. The molecular formula is C16H20N4O2. The first kappa shape index (κ1) is 14.7. The fraction of sp³-hybridized carbons (Fsp3) is 0.438. The smallest absolute Gasteiger partial charge is 0.258 e. The van der Waals surface area contributed by atoms with Gasteiger partial charge in [-0.3, -0.25) is 4.79 Å². The van der Waals surface area contributed by atoms with E-state index in [0.29, 0.717) is 29.4 Å². The SMILES string of the molecule is Cc1noc(-c2ccccc2C(=O)N2CCCC[C@H]2CN)n1. The first-order chi connectivity index (χ1) is 10.7. The number of carbonyl (C=O) groups is 1. The molecule has 1 saturated heterocycles. The molecule has 0 aliphatic carbocycles. The van der Waals surface area contributed by atoms with Crippen LogP contribution in [-0.2, 0) is 0 Å². The third-order valence-corrected chi connectivity index (χ3v) is 4.08. The van der Waals surface area contributed by atoms with Crippen molar-refractivity contribution in [1.82, 2.24) is 15.0 Å². The van der Waals surface area contributed by atoms with E-state index >= 15 is 0 Å². The minimum atomic E-state index is -0.0124. The van der Waals surface area contributed by atoms with Crippen molar-refractivity contribution in [3.8, 4) is 11.5 Å². The first-order valence-corrected chi connectivity index (χ1v) is 7.61. The van der Waals surface area contributed by atoms with Gasteiger partial charge in [-0.2, -0.15) is 4.98 Å². The van der Waals surface area contributed by atoms with Crippen LogP contribution in [0, 0.1) is 6.92 Å². The molecule has 0 radical (unpaired) electrons. The van der Waals surface area contributed by atoms with E-state index in [4.69, 9.17) is 10.3 Å². The number of hydrogen-bond donors (Lipinski definition) is 1. The van der Waals surface area contributed by atoms with E-state index < -0.39 is 0 Å². The second kappa shape index (κ2) is 6.27. The summed E-state index contributed by atoms with van der Waals surface area (Å²) in [6.45, 7) is 3.00. The van der Waals surface area contributed by atoms with Gasteiger partial charge >= 0.3 is 0 Å². The minimum Gasteiger partial charge on any atom is -0.334 e. The molecule has 1 aromatic heterocycles. The standard InChI is InChI=1S/C16H20N4O2/c1-11-18-15(22-19-11)13-7-2-3-8-14(13)16(21)20-9-5-4-6-12(20)10-17/h2-3,7-8,12H,4-6,9-10,17H2,1H3/t12-/m0/s1. The van der Waals surface area contributed by atoms with E-state index in [2.05, 4.69) is 10.1 Å². The second-order valence-corrected chi connectivity index (χ2v) is 5.58. The van der Waals surface area contributed by atoms with Gasteiger partial charge in [-0.15, -0.1) is 0 Å². The molecule has 2 N–H and O–H groups in total. The Bertz CT molecular complexity index is 668. The van der Waals surface area contributed by atoms with Crippen molar-refractivity contribution in [2.45, 2.75) is 32.2 Å². The minimum absolute atomic E-state index is 0.0124. The molecule has 0 saturated carbocycles. The predicted octanol–water partition coefficient (Wildman–Crippen LogP) is 2.00. The summed E-state index contributed by atoms with van der Waals surface area (Å²) in [6, 6.07) is 7.46. The number of nitrogens with two attached hydrogens (primary N) is 1. The van der Waals surface area contributed by atoms with Crippen molar-refractivity contribution in [3.63, 3.8) is 0 Å². The number of hydrogen-bond acceptors (Lipinski definition) is 5. The molecular weight excluding hydrogens is 280 g/mol. The maximum absolute atomic E-state index is 13.0. The van der Waals surface area contributed by atoms with Crippen LogP contribution in [0.1, 0.15) is 35.4 Å². The van der Waals surface area contributed by atoms with Crippen LogP contribution in [-0.4, -0.2) is 40.1 Å². The summed E-state index contributed by atoms with van der Waals surface area (Å²) in [7, 11) is 0. The summed E-state index contributed by atoms with van der Waals surface area (Å²) in [5.41, 5.74) is 7.09. The van der Waals surface area contributed by atoms with Crippen molar-refractivity contribution in [3.05, 3.63) is 35.7 Å². The molecule has 1 aromatic carbocycles. The summed E-state index contributed by atoms with van der Waals surface area (Å²) in [5.74, 6) is 0.916. The molecule has 1 atom stereocenters.